The molecular formula is C15H19NO. The second kappa shape index (κ2) is 5.19. The SMILES string of the molecule is CCc1ccc(C(NC)c2ccc(C)o2)cc1. The monoisotopic (exact) mass is 229 g/mol. The molecule has 0 amide bonds. The van der Waals surface area contributed by atoms with Gasteiger partial charge in [0.25, 0.3) is 0 Å². The van der Waals surface area contributed by atoms with E-state index in [2.05, 4.69) is 36.5 Å². The van der Waals surface area contributed by atoms with Crippen molar-refractivity contribution >= 4 is 0 Å². The topological polar surface area (TPSA) is 25.2 Å². The fourth-order valence-corrected chi connectivity index (χ4v) is 2.03. The van der Waals surface area contributed by atoms with Crippen molar-refractivity contribution in [2.45, 2.75) is 26.3 Å². The second-order valence-electron chi connectivity index (χ2n) is 4.27. The van der Waals surface area contributed by atoms with Crippen LogP contribution in [0.2, 0.25) is 0 Å². The van der Waals surface area contributed by atoms with E-state index in [9.17, 15) is 0 Å². The van der Waals surface area contributed by atoms with Crippen molar-refractivity contribution in [1.29, 1.82) is 0 Å². The Kier molecular flexibility index (Phi) is 3.64. The number of hydrogen-bond donors (Lipinski definition) is 1. The average molecular weight is 229 g/mol. The highest BCUT2D eigenvalue weighted by Gasteiger charge is 2.14. The standard InChI is InChI=1S/C15H19NO/c1-4-12-6-8-13(9-7-12)15(16-3)14-10-5-11(2)17-14/h5-10,15-16H,4H2,1-3H3. The summed E-state index contributed by atoms with van der Waals surface area (Å²) in [6.45, 7) is 4.14. The average Bonchev–Trinajstić information content (AvgIpc) is 2.78. The van der Waals surface area contributed by atoms with Crippen LogP contribution >= 0.6 is 0 Å². The molecule has 0 aliphatic rings. The third-order valence-corrected chi connectivity index (χ3v) is 3.06. The molecule has 0 aliphatic carbocycles. The fourth-order valence-electron chi connectivity index (χ4n) is 2.03. The quantitative estimate of drug-likeness (QED) is 0.868. The summed E-state index contributed by atoms with van der Waals surface area (Å²) < 4.78 is 5.69. The van der Waals surface area contributed by atoms with Gasteiger partial charge in [-0.3, -0.25) is 0 Å². The van der Waals surface area contributed by atoms with Crippen LogP contribution < -0.4 is 5.32 Å². The first-order valence-electron chi connectivity index (χ1n) is 6.07. The molecule has 1 unspecified atom stereocenters. The molecule has 0 bridgehead atoms. The van der Waals surface area contributed by atoms with Crippen molar-refractivity contribution in [3.05, 3.63) is 59.0 Å². The highest BCUT2D eigenvalue weighted by molar-refractivity contribution is 5.30. The molecule has 0 saturated carbocycles. The van der Waals surface area contributed by atoms with E-state index in [0.29, 0.717) is 0 Å². The molecule has 17 heavy (non-hydrogen) atoms. The smallest absolute Gasteiger partial charge is 0.125 e. The van der Waals surface area contributed by atoms with Crippen molar-refractivity contribution < 1.29 is 4.42 Å². The van der Waals surface area contributed by atoms with E-state index in [-0.39, 0.29) is 6.04 Å². The summed E-state index contributed by atoms with van der Waals surface area (Å²) in [4.78, 5) is 0. The van der Waals surface area contributed by atoms with Gasteiger partial charge in [-0.2, -0.15) is 0 Å². The van der Waals surface area contributed by atoms with E-state index >= 15 is 0 Å². The predicted octanol–water partition coefficient (Wildman–Crippen LogP) is 3.46. The molecule has 2 rings (SSSR count). The van der Waals surface area contributed by atoms with Gasteiger partial charge in [0.15, 0.2) is 0 Å². The normalized spacial score (nSPS) is 12.6. The molecule has 2 nitrogen and oxygen atoms in total. The van der Waals surface area contributed by atoms with Crippen LogP contribution in [-0.4, -0.2) is 7.05 Å². The summed E-state index contributed by atoms with van der Waals surface area (Å²) >= 11 is 0. The van der Waals surface area contributed by atoms with Gasteiger partial charge in [0.05, 0.1) is 6.04 Å². The molecule has 0 saturated heterocycles. The zero-order valence-electron chi connectivity index (χ0n) is 10.7. The Morgan fingerprint density at radius 1 is 1.12 bits per heavy atom. The van der Waals surface area contributed by atoms with Gasteiger partial charge in [-0.1, -0.05) is 31.2 Å². The maximum Gasteiger partial charge on any atom is 0.125 e. The molecule has 2 heteroatoms. The molecular weight excluding hydrogens is 210 g/mol. The van der Waals surface area contributed by atoms with Crippen LogP contribution in [0.5, 0.6) is 0 Å². The first kappa shape index (κ1) is 11.9. The van der Waals surface area contributed by atoms with Crippen LogP contribution in [0.25, 0.3) is 0 Å². The Labute approximate surface area is 103 Å². The lowest BCUT2D eigenvalue weighted by Crippen LogP contribution is -2.16. The van der Waals surface area contributed by atoms with Crippen LogP contribution in [0.1, 0.15) is 35.6 Å². The third-order valence-electron chi connectivity index (χ3n) is 3.06. The van der Waals surface area contributed by atoms with Crippen molar-refractivity contribution in [2.24, 2.45) is 0 Å². The first-order valence-corrected chi connectivity index (χ1v) is 6.07. The van der Waals surface area contributed by atoms with Crippen molar-refractivity contribution in [1.82, 2.24) is 5.32 Å². The van der Waals surface area contributed by atoms with Gasteiger partial charge in [-0.25, -0.2) is 0 Å². The molecule has 2 aromatic rings. The summed E-state index contributed by atoms with van der Waals surface area (Å²) in [5.41, 5.74) is 2.60. The van der Waals surface area contributed by atoms with E-state index in [1.54, 1.807) is 0 Å². The summed E-state index contributed by atoms with van der Waals surface area (Å²) in [5.74, 6) is 1.92. The fraction of sp³-hybridized carbons (Fsp3) is 0.333. The van der Waals surface area contributed by atoms with Gasteiger partial charge < -0.3 is 9.73 Å². The third kappa shape index (κ3) is 2.59. The van der Waals surface area contributed by atoms with Crippen LogP contribution in [0.15, 0.2) is 40.8 Å². The Morgan fingerprint density at radius 2 is 1.82 bits per heavy atom. The minimum absolute atomic E-state index is 0.134. The zero-order chi connectivity index (χ0) is 12.3. The lowest BCUT2D eigenvalue weighted by molar-refractivity contribution is 0.444. The van der Waals surface area contributed by atoms with Gasteiger partial charge in [-0.15, -0.1) is 0 Å². The van der Waals surface area contributed by atoms with E-state index in [4.69, 9.17) is 4.42 Å². The van der Waals surface area contributed by atoms with E-state index in [1.165, 1.54) is 11.1 Å². The molecule has 1 N–H and O–H groups in total. The van der Waals surface area contributed by atoms with E-state index < -0.39 is 0 Å². The number of rotatable bonds is 4. The van der Waals surface area contributed by atoms with Crippen LogP contribution in [-0.2, 0) is 6.42 Å². The van der Waals surface area contributed by atoms with Gasteiger partial charge in [0.2, 0.25) is 0 Å². The molecule has 1 atom stereocenters. The summed E-state index contributed by atoms with van der Waals surface area (Å²) in [7, 11) is 1.95. The number of furan rings is 1. The number of nitrogens with one attached hydrogen (secondary N) is 1. The van der Waals surface area contributed by atoms with Gasteiger partial charge in [0.1, 0.15) is 11.5 Å². The molecule has 0 spiro atoms. The second-order valence-corrected chi connectivity index (χ2v) is 4.27. The summed E-state index contributed by atoms with van der Waals surface area (Å²) in [6.07, 6.45) is 1.07. The molecule has 1 aromatic heterocycles. The van der Waals surface area contributed by atoms with Crippen molar-refractivity contribution in [3.63, 3.8) is 0 Å². The highest BCUT2D eigenvalue weighted by Crippen LogP contribution is 2.23. The predicted molar refractivity (Wildman–Crippen MR) is 70.2 cm³/mol. The van der Waals surface area contributed by atoms with E-state index in [1.807, 2.05) is 26.1 Å². The molecule has 0 radical (unpaired) electrons. The number of aryl methyl sites for hydroxylation is 2. The zero-order valence-corrected chi connectivity index (χ0v) is 10.7. The Bertz CT molecular complexity index is 470. The lowest BCUT2D eigenvalue weighted by Gasteiger charge is -2.14. The Balaban J connectivity index is 2.28. The van der Waals surface area contributed by atoms with Gasteiger partial charge in [0, 0.05) is 0 Å². The highest BCUT2D eigenvalue weighted by atomic mass is 16.3. The molecule has 0 fully saturated rings. The van der Waals surface area contributed by atoms with Gasteiger partial charge >= 0.3 is 0 Å². The lowest BCUT2D eigenvalue weighted by atomic mass is 10.0. The minimum Gasteiger partial charge on any atom is -0.464 e. The van der Waals surface area contributed by atoms with Crippen LogP contribution in [0.3, 0.4) is 0 Å². The number of hydrogen-bond acceptors (Lipinski definition) is 2. The molecule has 1 aromatic carbocycles. The summed E-state index contributed by atoms with van der Waals surface area (Å²) in [5, 5.41) is 3.29. The maximum absolute atomic E-state index is 5.69. The number of benzene rings is 1. The van der Waals surface area contributed by atoms with Crippen molar-refractivity contribution in [2.75, 3.05) is 7.05 Å². The van der Waals surface area contributed by atoms with Crippen molar-refractivity contribution in [3.8, 4) is 0 Å². The van der Waals surface area contributed by atoms with E-state index in [0.717, 1.165) is 17.9 Å². The maximum atomic E-state index is 5.69. The van der Waals surface area contributed by atoms with Crippen LogP contribution in [0, 0.1) is 6.92 Å². The van der Waals surface area contributed by atoms with Crippen LogP contribution in [0.4, 0.5) is 0 Å². The molecule has 1 heterocycles. The summed E-state index contributed by atoms with van der Waals surface area (Å²) in [6, 6.07) is 12.8. The molecule has 0 aliphatic heterocycles. The Morgan fingerprint density at radius 3 is 2.29 bits per heavy atom. The minimum atomic E-state index is 0.134. The first-order chi connectivity index (χ1) is 8.24. The Hall–Kier alpha value is -1.54. The van der Waals surface area contributed by atoms with Gasteiger partial charge in [-0.05, 0) is 43.7 Å². The molecule has 90 valence electrons. The largest absolute Gasteiger partial charge is 0.464 e.